The number of carbonyl (C=O) groups excluding carboxylic acids is 1. The summed E-state index contributed by atoms with van der Waals surface area (Å²) in [5.74, 6) is 1.86. The van der Waals surface area contributed by atoms with E-state index in [2.05, 4.69) is 5.32 Å². The van der Waals surface area contributed by atoms with Gasteiger partial charge in [0.25, 0.3) is 0 Å². The first kappa shape index (κ1) is 21.5. The first-order chi connectivity index (χ1) is 15.5. The molecule has 0 bridgehead atoms. The van der Waals surface area contributed by atoms with Crippen LogP contribution in [0.25, 0.3) is 10.8 Å². The molecule has 2 aliphatic heterocycles. The van der Waals surface area contributed by atoms with E-state index >= 15 is 0 Å². The van der Waals surface area contributed by atoms with E-state index in [0.717, 1.165) is 46.2 Å². The van der Waals surface area contributed by atoms with Gasteiger partial charge in [-0.3, -0.25) is 4.79 Å². The lowest BCUT2D eigenvalue weighted by Crippen LogP contribution is -2.54. The van der Waals surface area contributed by atoms with Gasteiger partial charge < -0.3 is 5.32 Å². The van der Waals surface area contributed by atoms with Crippen molar-refractivity contribution in [2.75, 3.05) is 11.5 Å². The van der Waals surface area contributed by atoms with Crippen LogP contribution < -0.4 is 5.32 Å². The zero-order valence-electron chi connectivity index (χ0n) is 17.7. The molecule has 2 aliphatic rings. The van der Waals surface area contributed by atoms with E-state index in [1.807, 2.05) is 66.4 Å². The molecule has 1 N–H and O–H groups in total. The fourth-order valence-electron chi connectivity index (χ4n) is 4.58. The molecular weight excluding hydrogens is 440 g/mol. The van der Waals surface area contributed by atoms with Crippen molar-refractivity contribution in [1.29, 1.82) is 0 Å². The minimum Gasteiger partial charge on any atom is -0.352 e. The second-order valence-corrected chi connectivity index (χ2v) is 11.6. The lowest BCUT2D eigenvalue weighted by Gasteiger charge is -2.36. The molecule has 0 spiro atoms. The van der Waals surface area contributed by atoms with Crippen LogP contribution in [0, 0.1) is 0 Å². The van der Waals surface area contributed by atoms with E-state index < -0.39 is 16.1 Å². The van der Waals surface area contributed by atoms with Crippen LogP contribution >= 0.6 is 11.8 Å². The third-order valence-electron chi connectivity index (χ3n) is 6.40. The van der Waals surface area contributed by atoms with Crippen molar-refractivity contribution in [3.63, 3.8) is 0 Å². The number of carbonyl (C=O) groups is 1. The summed E-state index contributed by atoms with van der Waals surface area (Å²) < 4.78 is 29.0. The van der Waals surface area contributed by atoms with Gasteiger partial charge in [0.15, 0.2) is 0 Å². The Labute approximate surface area is 193 Å². The smallest absolute Gasteiger partial charge is 0.244 e. The molecule has 32 heavy (non-hydrogen) atoms. The largest absolute Gasteiger partial charge is 0.352 e. The number of rotatable bonds is 4. The number of nitrogens with zero attached hydrogens (tertiary/aromatic N) is 1. The quantitative estimate of drug-likeness (QED) is 0.632. The molecule has 0 aliphatic carbocycles. The highest BCUT2D eigenvalue weighted by Gasteiger charge is 2.40. The van der Waals surface area contributed by atoms with Gasteiger partial charge in [0, 0.05) is 12.6 Å². The molecule has 1 atom stereocenters. The fraction of sp³-hybridized carbons (Fsp3) is 0.320. The van der Waals surface area contributed by atoms with Crippen LogP contribution in [0.4, 0.5) is 0 Å². The highest BCUT2D eigenvalue weighted by Crippen LogP contribution is 2.31. The van der Waals surface area contributed by atoms with E-state index in [0.29, 0.717) is 6.42 Å². The Balaban J connectivity index is 1.50. The van der Waals surface area contributed by atoms with Gasteiger partial charge >= 0.3 is 0 Å². The first-order valence-electron chi connectivity index (χ1n) is 11.0. The van der Waals surface area contributed by atoms with E-state index in [1.165, 1.54) is 4.31 Å². The molecule has 3 aromatic rings. The maximum atomic E-state index is 13.8. The lowest BCUT2D eigenvalue weighted by molar-refractivity contribution is -0.126. The summed E-state index contributed by atoms with van der Waals surface area (Å²) in [7, 11) is -3.86. The van der Waals surface area contributed by atoms with Crippen LogP contribution in [-0.4, -0.2) is 42.2 Å². The number of thioether (sulfide) groups is 1. The van der Waals surface area contributed by atoms with Crippen molar-refractivity contribution < 1.29 is 13.2 Å². The lowest BCUT2D eigenvalue weighted by atomic mass is 9.95. The van der Waals surface area contributed by atoms with Crippen LogP contribution in [0.5, 0.6) is 0 Å². The molecule has 0 unspecified atom stereocenters. The van der Waals surface area contributed by atoms with Gasteiger partial charge in [-0.2, -0.15) is 16.1 Å². The summed E-state index contributed by atoms with van der Waals surface area (Å²) in [4.78, 5) is 13.6. The average Bonchev–Trinajstić information content (AvgIpc) is 2.83. The minimum absolute atomic E-state index is 0.117. The molecule has 0 radical (unpaired) electrons. The molecule has 0 aromatic heterocycles. The first-order valence-corrected chi connectivity index (χ1v) is 13.6. The SMILES string of the molecule is O=C(NC1CCSCC1)[C@@H]1Cc2ccccc2CN1S(=O)(=O)c1ccc2ccccc2c1. The van der Waals surface area contributed by atoms with Crippen LogP contribution in [0.1, 0.15) is 24.0 Å². The van der Waals surface area contributed by atoms with Crippen molar-refractivity contribution in [2.24, 2.45) is 0 Å². The van der Waals surface area contributed by atoms with Gasteiger partial charge in [-0.25, -0.2) is 8.42 Å². The van der Waals surface area contributed by atoms with Crippen molar-refractivity contribution in [1.82, 2.24) is 9.62 Å². The molecular formula is C25H26N2O3S2. The highest BCUT2D eigenvalue weighted by atomic mass is 32.2. The van der Waals surface area contributed by atoms with Gasteiger partial charge in [0.1, 0.15) is 6.04 Å². The Morgan fingerprint density at radius 3 is 2.38 bits per heavy atom. The van der Waals surface area contributed by atoms with Gasteiger partial charge in [0.2, 0.25) is 15.9 Å². The maximum Gasteiger partial charge on any atom is 0.244 e. The monoisotopic (exact) mass is 466 g/mol. The number of benzene rings is 3. The molecule has 7 heteroatoms. The Bertz CT molecular complexity index is 1250. The Kier molecular flexibility index (Phi) is 5.97. The van der Waals surface area contributed by atoms with E-state index in [-0.39, 0.29) is 23.4 Å². The molecule has 5 rings (SSSR count). The molecule has 2 heterocycles. The number of nitrogens with one attached hydrogen (secondary N) is 1. The zero-order chi connectivity index (χ0) is 22.1. The number of sulfonamides is 1. The average molecular weight is 467 g/mol. The maximum absolute atomic E-state index is 13.8. The predicted molar refractivity (Wildman–Crippen MR) is 129 cm³/mol. The topological polar surface area (TPSA) is 66.5 Å². The zero-order valence-corrected chi connectivity index (χ0v) is 19.4. The summed E-state index contributed by atoms with van der Waals surface area (Å²) in [5, 5.41) is 5.00. The summed E-state index contributed by atoms with van der Waals surface area (Å²) in [6.45, 7) is 0.198. The molecule has 1 amide bonds. The molecule has 3 aromatic carbocycles. The number of hydrogen-bond acceptors (Lipinski definition) is 4. The van der Waals surface area contributed by atoms with Gasteiger partial charge in [0.05, 0.1) is 4.90 Å². The molecule has 1 saturated heterocycles. The second-order valence-electron chi connectivity index (χ2n) is 8.44. The van der Waals surface area contributed by atoms with Crippen LogP contribution in [0.15, 0.2) is 71.6 Å². The normalized spacial score (nSPS) is 20.1. The van der Waals surface area contributed by atoms with Crippen molar-refractivity contribution in [3.8, 4) is 0 Å². The fourth-order valence-corrected chi connectivity index (χ4v) is 7.29. The van der Waals surface area contributed by atoms with Gasteiger partial charge in [-0.1, -0.05) is 54.6 Å². The number of amides is 1. The summed E-state index contributed by atoms with van der Waals surface area (Å²) >= 11 is 1.90. The standard InChI is InChI=1S/C25H26N2O3S2/c28-25(26-22-11-13-31-14-12-22)24-16-20-7-3-4-8-21(20)17-27(24)32(29,30)23-10-9-18-5-1-2-6-19(18)15-23/h1-10,15,22,24H,11-14,16-17H2,(H,26,28)/t24-/m0/s1. The summed E-state index contributed by atoms with van der Waals surface area (Å²) in [5.41, 5.74) is 1.99. The summed E-state index contributed by atoms with van der Waals surface area (Å²) in [6.07, 6.45) is 2.24. The number of hydrogen-bond donors (Lipinski definition) is 1. The third-order valence-corrected chi connectivity index (χ3v) is 9.30. The van der Waals surface area contributed by atoms with Crippen molar-refractivity contribution in [2.45, 2.75) is 42.8 Å². The number of fused-ring (bicyclic) bond motifs is 2. The minimum atomic E-state index is -3.86. The molecule has 5 nitrogen and oxygen atoms in total. The summed E-state index contributed by atoms with van der Waals surface area (Å²) in [6, 6.07) is 20.0. The third kappa shape index (κ3) is 4.17. The Hall–Kier alpha value is -2.35. The highest BCUT2D eigenvalue weighted by molar-refractivity contribution is 7.99. The Morgan fingerprint density at radius 2 is 1.59 bits per heavy atom. The van der Waals surface area contributed by atoms with Gasteiger partial charge in [-0.15, -0.1) is 0 Å². The predicted octanol–water partition coefficient (Wildman–Crippen LogP) is 3.97. The molecule has 166 valence electrons. The van der Waals surface area contributed by atoms with Crippen molar-refractivity contribution in [3.05, 3.63) is 77.9 Å². The van der Waals surface area contributed by atoms with E-state index in [1.54, 1.807) is 12.1 Å². The molecule has 0 saturated carbocycles. The van der Waals surface area contributed by atoms with E-state index in [4.69, 9.17) is 0 Å². The van der Waals surface area contributed by atoms with Crippen molar-refractivity contribution >= 4 is 38.5 Å². The second kappa shape index (κ2) is 8.89. The Morgan fingerprint density at radius 1 is 0.906 bits per heavy atom. The van der Waals surface area contributed by atoms with Crippen LogP contribution in [-0.2, 0) is 27.8 Å². The van der Waals surface area contributed by atoms with E-state index in [9.17, 15) is 13.2 Å². The molecule has 1 fully saturated rings. The van der Waals surface area contributed by atoms with Crippen LogP contribution in [0.2, 0.25) is 0 Å². The van der Waals surface area contributed by atoms with Crippen LogP contribution in [0.3, 0.4) is 0 Å². The van der Waals surface area contributed by atoms with Gasteiger partial charge in [-0.05, 0) is 64.8 Å².